The molecule has 0 saturated carbocycles. The summed E-state index contributed by atoms with van der Waals surface area (Å²) < 4.78 is 37.0. The first-order chi connectivity index (χ1) is 22.2. The number of carbonyl (C=O) groups is 2. The summed E-state index contributed by atoms with van der Waals surface area (Å²) >= 11 is 0. The predicted octanol–water partition coefficient (Wildman–Crippen LogP) is 4.67. The average molecular weight is 674 g/mol. The van der Waals surface area contributed by atoms with Gasteiger partial charge in [-0.05, 0) is 36.1 Å². The fraction of sp³-hybridized carbons (Fsp3) is 0.733. The number of benzene rings is 1. The van der Waals surface area contributed by atoms with E-state index in [1.165, 1.54) is 44.9 Å². The minimum atomic E-state index is -4.87. The summed E-state index contributed by atoms with van der Waals surface area (Å²) in [5.41, 5.74) is 9.80. The summed E-state index contributed by atoms with van der Waals surface area (Å²) in [6.07, 6.45) is 10.8. The Morgan fingerprint density at radius 2 is 1.39 bits per heavy atom. The smallest absolute Gasteiger partial charge is 0.379 e. The molecule has 15 nitrogen and oxygen atoms in total. The highest BCUT2D eigenvalue weighted by Crippen LogP contribution is 2.35. The van der Waals surface area contributed by atoms with Crippen LogP contribution in [0.4, 0.5) is 5.69 Å². The maximum atomic E-state index is 12.9. The van der Waals surface area contributed by atoms with Crippen LogP contribution in [0, 0.1) is 0 Å². The van der Waals surface area contributed by atoms with Crippen molar-refractivity contribution in [2.75, 3.05) is 71.3 Å². The monoisotopic (exact) mass is 673 g/mol. The third-order valence-corrected chi connectivity index (χ3v) is 7.08. The zero-order valence-corrected chi connectivity index (χ0v) is 27.9. The lowest BCUT2D eigenvalue weighted by molar-refractivity contribution is -0.128. The van der Waals surface area contributed by atoms with E-state index in [0.717, 1.165) is 18.4 Å². The van der Waals surface area contributed by atoms with Crippen LogP contribution in [0.2, 0.25) is 0 Å². The van der Waals surface area contributed by atoms with Crippen LogP contribution in [0.3, 0.4) is 0 Å². The number of nitrogens with zero attached hydrogens (tertiary/aromatic N) is 3. The quantitative estimate of drug-likeness (QED) is 0.0291. The Morgan fingerprint density at radius 3 is 1.96 bits per heavy atom. The summed E-state index contributed by atoms with van der Waals surface area (Å²) in [6, 6.07) is 6.04. The lowest BCUT2D eigenvalue weighted by Crippen LogP contribution is -2.46. The first kappa shape index (κ1) is 41.4. The minimum Gasteiger partial charge on any atom is -0.379 e. The van der Waals surface area contributed by atoms with Gasteiger partial charge in [-0.1, -0.05) is 69.1 Å². The number of rotatable bonds is 30. The standard InChI is InChI=1S/C30H52N5O10P/c1-2-3-4-5-6-7-8-9-10-26-11-13-27(14-12-26)33-30(37)28(25-45-46(38,39)40)34-29(36)15-17-41-19-21-43-23-24-44-22-20-42-18-16-32-35-31/h11-14,28H,2-10,15-25H2,1H3,(H,33,37)(H,34,36)(H2,38,39,40). The van der Waals surface area contributed by atoms with Gasteiger partial charge in [0, 0.05) is 23.6 Å². The molecule has 0 aromatic heterocycles. The van der Waals surface area contributed by atoms with Crippen molar-refractivity contribution in [2.45, 2.75) is 77.2 Å². The number of anilines is 1. The number of phosphoric acid groups is 1. The number of carbonyl (C=O) groups excluding carboxylic acids is 2. The van der Waals surface area contributed by atoms with Crippen molar-refractivity contribution < 1.29 is 47.4 Å². The average Bonchev–Trinajstić information content (AvgIpc) is 3.02. The molecule has 0 aliphatic heterocycles. The van der Waals surface area contributed by atoms with Crippen LogP contribution >= 0.6 is 7.82 Å². The van der Waals surface area contributed by atoms with Gasteiger partial charge in [-0.3, -0.25) is 14.1 Å². The molecule has 4 N–H and O–H groups in total. The van der Waals surface area contributed by atoms with E-state index in [1.54, 1.807) is 12.1 Å². The maximum Gasteiger partial charge on any atom is 0.469 e. The van der Waals surface area contributed by atoms with E-state index in [2.05, 4.69) is 32.1 Å². The van der Waals surface area contributed by atoms with Gasteiger partial charge < -0.3 is 39.4 Å². The van der Waals surface area contributed by atoms with Crippen molar-refractivity contribution in [3.8, 4) is 0 Å². The van der Waals surface area contributed by atoms with Crippen molar-refractivity contribution in [1.29, 1.82) is 0 Å². The first-order valence-electron chi connectivity index (χ1n) is 16.0. The molecule has 1 aromatic rings. The fourth-order valence-electron chi connectivity index (χ4n) is 4.14. The Labute approximate surface area is 271 Å². The van der Waals surface area contributed by atoms with Gasteiger partial charge in [-0.25, -0.2) is 4.57 Å². The number of hydrogen-bond acceptors (Lipinski definition) is 9. The van der Waals surface area contributed by atoms with Crippen LogP contribution in [0.5, 0.6) is 0 Å². The highest BCUT2D eigenvalue weighted by Gasteiger charge is 2.25. The second-order valence-corrected chi connectivity index (χ2v) is 11.7. The summed E-state index contributed by atoms with van der Waals surface area (Å²) in [4.78, 5) is 46.1. The van der Waals surface area contributed by atoms with Gasteiger partial charge in [-0.2, -0.15) is 0 Å². The highest BCUT2D eigenvalue weighted by atomic mass is 31.2. The second-order valence-electron chi connectivity index (χ2n) is 10.5. The van der Waals surface area contributed by atoms with E-state index >= 15 is 0 Å². The molecular weight excluding hydrogens is 621 g/mol. The van der Waals surface area contributed by atoms with Crippen LogP contribution in [0.1, 0.15) is 70.3 Å². The van der Waals surface area contributed by atoms with Crippen molar-refractivity contribution in [3.05, 3.63) is 40.3 Å². The van der Waals surface area contributed by atoms with Gasteiger partial charge in [-0.15, -0.1) is 0 Å². The number of hydrogen-bond donors (Lipinski definition) is 4. The van der Waals surface area contributed by atoms with Crippen LogP contribution in [-0.4, -0.2) is 93.6 Å². The second kappa shape index (κ2) is 27.5. The van der Waals surface area contributed by atoms with Gasteiger partial charge in [0.25, 0.3) is 0 Å². The fourth-order valence-corrected chi connectivity index (χ4v) is 4.49. The summed E-state index contributed by atoms with van der Waals surface area (Å²) in [5.74, 6) is -1.22. The summed E-state index contributed by atoms with van der Waals surface area (Å²) in [7, 11) is -4.87. The molecule has 46 heavy (non-hydrogen) atoms. The van der Waals surface area contributed by atoms with Gasteiger partial charge in [0.2, 0.25) is 11.8 Å². The molecule has 0 heterocycles. The van der Waals surface area contributed by atoms with E-state index in [-0.39, 0.29) is 32.8 Å². The topological polar surface area (TPSA) is 211 Å². The van der Waals surface area contributed by atoms with Gasteiger partial charge in [0.05, 0.1) is 59.5 Å². The number of phosphoric ester groups is 1. The van der Waals surface area contributed by atoms with Crippen molar-refractivity contribution in [1.82, 2.24) is 5.32 Å². The van der Waals surface area contributed by atoms with Crippen LogP contribution in [-0.2, 0) is 44.0 Å². The van der Waals surface area contributed by atoms with Crippen LogP contribution in [0.25, 0.3) is 10.4 Å². The third-order valence-electron chi connectivity index (χ3n) is 6.59. The molecule has 0 saturated heterocycles. The van der Waals surface area contributed by atoms with Crippen LogP contribution < -0.4 is 10.6 Å². The Bertz CT molecular complexity index is 1040. The molecule has 0 spiro atoms. The summed E-state index contributed by atoms with van der Waals surface area (Å²) in [5, 5.41) is 8.47. The van der Waals surface area contributed by atoms with Crippen molar-refractivity contribution in [3.63, 3.8) is 0 Å². The molecule has 262 valence electrons. The predicted molar refractivity (Wildman–Crippen MR) is 173 cm³/mol. The molecule has 1 atom stereocenters. The van der Waals surface area contributed by atoms with E-state index in [0.29, 0.717) is 38.7 Å². The van der Waals surface area contributed by atoms with E-state index in [9.17, 15) is 14.2 Å². The summed E-state index contributed by atoms with van der Waals surface area (Å²) in [6.45, 7) is 4.16. The number of azide groups is 1. The Morgan fingerprint density at radius 1 is 0.848 bits per heavy atom. The largest absolute Gasteiger partial charge is 0.469 e. The molecule has 0 aliphatic rings. The van der Waals surface area contributed by atoms with Gasteiger partial charge in [0.1, 0.15) is 6.04 Å². The number of nitrogens with one attached hydrogen (secondary N) is 2. The lowest BCUT2D eigenvalue weighted by atomic mass is 10.0. The minimum absolute atomic E-state index is 0.0485. The van der Waals surface area contributed by atoms with E-state index < -0.39 is 32.3 Å². The molecular formula is C30H52N5O10P. The zero-order valence-electron chi connectivity index (χ0n) is 27.0. The van der Waals surface area contributed by atoms with Gasteiger partial charge >= 0.3 is 7.82 Å². The molecule has 1 unspecified atom stereocenters. The van der Waals surface area contributed by atoms with Crippen molar-refractivity contribution >= 4 is 25.3 Å². The number of ether oxygens (including phenoxy) is 4. The Hall–Kier alpha value is -2.58. The molecule has 1 aromatic carbocycles. The van der Waals surface area contributed by atoms with Crippen LogP contribution in [0.15, 0.2) is 29.4 Å². The number of unbranched alkanes of at least 4 members (excludes halogenated alkanes) is 7. The third kappa shape index (κ3) is 24.6. The molecule has 16 heteroatoms. The van der Waals surface area contributed by atoms with E-state index in [4.69, 9.17) is 34.3 Å². The molecule has 0 aliphatic carbocycles. The van der Waals surface area contributed by atoms with Gasteiger partial charge in [0.15, 0.2) is 0 Å². The molecule has 0 radical (unpaired) electrons. The zero-order chi connectivity index (χ0) is 33.7. The maximum absolute atomic E-state index is 12.9. The number of aryl methyl sites for hydroxylation is 1. The SMILES string of the molecule is CCCCCCCCCCc1ccc(NC(=O)C(COP(=O)(O)O)NC(=O)CCOCCOCCOCCOCCN=[N+]=[N-])cc1. The first-order valence-corrected chi connectivity index (χ1v) is 17.5. The number of amides is 2. The molecule has 1 rings (SSSR count). The van der Waals surface area contributed by atoms with E-state index in [1.807, 2.05) is 12.1 Å². The Balaban J connectivity index is 2.30. The molecule has 2 amide bonds. The Kier molecular flexibility index (Phi) is 24.8. The molecule has 0 bridgehead atoms. The molecule has 0 fully saturated rings. The normalized spacial score (nSPS) is 12.0. The van der Waals surface area contributed by atoms with Crippen molar-refractivity contribution in [2.24, 2.45) is 5.11 Å². The highest BCUT2D eigenvalue weighted by molar-refractivity contribution is 7.46. The lowest BCUT2D eigenvalue weighted by Gasteiger charge is -2.19.